The van der Waals surface area contributed by atoms with Gasteiger partial charge in [0, 0.05) is 31.4 Å². The normalized spacial score (nSPS) is 23.6. The number of piperidine rings is 1. The zero-order chi connectivity index (χ0) is 21.3. The van der Waals surface area contributed by atoms with Crippen molar-refractivity contribution in [2.24, 2.45) is 16.8 Å². The number of hydrazone groups is 1. The molecule has 0 saturated carbocycles. The van der Waals surface area contributed by atoms with Gasteiger partial charge in [-0.1, -0.05) is 0 Å². The van der Waals surface area contributed by atoms with Gasteiger partial charge in [-0.25, -0.2) is 23.8 Å². The van der Waals surface area contributed by atoms with Crippen LogP contribution in [-0.2, 0) is 4.79 Å². The van der Waals surface area contributed by atoms with Crippen LogP contribution in [0.5, 0.6) is 0 Å². The molecule has 4 rings (SSSR count). The van der Waals surface area contributed by atoms with E-state index in [2.05, 4.69) is 20.1 Å². The van der Waals surface area contributed by atoms with Crippen molar-refractivity contribution >= 4 is 23.8 Å². The second-order valence-corrected chi connectivity index (χ2v) is 7.15. The lowest BCUT2D eigenvalue weighted by Gasteiger charge is -2.36. The first-order valence-corrected chi connectivity index (χ1v) is 9.41. The number of halogens is 2. The van der Waals surface area contributed by atoms with Gasteiger partial charge in [0.15, 0.2) is 0 Å². The summed E-state index contributed by atoms with van der Waals surface area (Å²) in [7, 11) is 0. The molecule has 30 heavy (non-hydrogen) atoms. The van der Waals surface area contributed by atoms with Crippen LogP contribution < -0.4 is 10.6 Å². The van der Waals surface area contributed by atoms with Crippen LogP contribution in [0.15, 0.2) is 36.0 Å². The summed E-state index contributed by atoms with van der Waals surface area (Å²) in [4.78, 5) is 37.6. The van der Waals surface area contributed by atoms with Gasteiger partial charge >= 0.3 is 0 Å². The Morgan fingerprint density at radius 2 is 2.03 bits per heavy atom. The fraction of sp³-hybridized carbons (Fsp3) is 0.368. The third-order valence-corrected chi connectivity index (χ3v) is 5.25. The van der Waals surface area contributed by atoms with E-state index in [1.807, 2.05) is 0 Å². The number of aromatic nitrogens is 3. The Balaban J connectivity index is 1.47. The van der Waals surface area contributed by atoms with Gasteiger partial charge in [0.25, 0.3) is 5.91 Å². The van der Waals surface area contributed by atoms with Crippen molar-refractivity contribution in [3.63, 3.8) is 0 Å². The highest BCUT2D eigenvalue weighted by Crippen LogP contribution is 2.33. The number of alkyl halides is 1. The zero-order valence-corrected chi connectivity index (χ0v) is 15.9. The summed E-state index contributed by atoms with van der Waals surface area (Å²) in [5.74, 6) is -2.19. The molecular formula is C19H19F2N7O2. The number of rotatable bonds is 4. The first kappa shape index (κ1) is 19.8. The molecule has 1 fully saturated rings. The van der Waals surface area contributed by atoms with Gasteiger partial charge in [-0.15, -0.1) is 0 Å². The van der Waals surface area contributed by atoms with Crippen molar-refractivity contribution in [3.05, 3.63) is 47.9 Å². The molecule has 0 bridgehead atoms. The highest BCUT2D eigenvalue weighted by molar-refractivity contribution is 5.91. The molecule has 2 aromatic rings. The molecular weight excluding hydrogens is 396 g/mol. The Kier molecular flexibility index (Phi) is 5.34. The summed E-state index contributed by atoms with van der Waals surface area (Å²) < 4.78 is 28.5. The summed E-state index contributed by atoms with van der Waals surface area (Å²) >= 11 is 0. The van der Waals surface area contributed by atoms with E-state index < -0.39 is 35.8 Å². The first-order valence-electron chi connectivity index (χ1n) is 9.41. The Bertz CT molecular complexity index is 1000. The number of hydrogen-bond acceptors (Lipinski definition) is 7. The van der Waals surface area contributed by atoms with Crippen LogP contribution >= 0.6 is 0 Å². The van der Waals surface area contributed by atoms with Gasteiger partial charge in [-0.05, 0) is 18.1 Å². The lowest BCUT2D eigenvalue weighted by atomic mass is 9.93. The smallest absolute Gasteiger partial charge is 0.267 e. The topological polar surface area (TPSA) is 118 Å². The Morgan fingerprint density at radius 3 is 2.77 bits per heavy atom. The number of carbonyl (C=O) groups is 2. The number of pyridine rings is 1. The summed E-state index contributed by atoms with van der Waals surface area (Å²) in [6.45, 7) is 0.283. The number of hydrogen-bond donors (Lipinski definition) is 1. The van der Waals surface area contributed by atoms with E-state index in [9.17, 15) is 18.4 Å². The standard InChI is InChI=1S/C19H19F2N7O2/c20-12-5-11(7-23-8-12)16-1-3-26-28(16)19(30)13-2-4-27(9-14(13)21)17-6-15(18(22)29)24-10-25-17/h3,5-8,10,13-14,16H,1-2,4,9H2,(H2,22,29)/t13-,14+,16+/m1/s1. The molecule has 11 heteroatoms. The Hall–Kier alpha value is -3.50. The molecule has 156 valence electrons. The van der Waals surface area contributed by atoms with Gasteiger partial charge in [0.2, 0.25) is 5.91 Å². The Labute approximate surface area is 170 Å². The monoisotopic (exact) mass is 415 g/mol. The largest absolute Gasteiger partial charge is 0.364 e. The van der Waals surface area contributed by atoms with E-state index >= 15 is 0 Å². The number of primary amides is 1. The van der Waals surface area contributed by atoms with Gasteiger partial charge in [0.05, 0.1) is 24.7 Å². The predicted molar refractivity (Wildman–Crippen MR) is 103 cm³/mol. The van der Waals surface area contributed by atoms with E-state index in [1.165, 1.54) is 29.7 Å². The van der Waals surface area contributed by atoms with Crippen molar-refractivity contribution < 1.29 is 18.4 Å². The van der Waals surface area contributed by atoms with E-state index in [4.69, 9.17) is 5.73 Å². The number of nitrogens with two attached hydrogens (primary N) is 1. The van der Waals surface area contributed by atoms with Gasteiger partial charge in [-0.2, -0.15) is 5.10 Å². The number of nitrogens with zero attached hydrogens (tertiary/aromatic N) is 6. The van der Waals surface area contributed by atoms with Crippen molar-refractivity contribution in [2.75, 3.05) is 18.0 Å². The fourth-order valence-electron chi connectivity index (χ4n) is 3.73. The highest BCUT2D eigenvalue weighted by atomic mass is 19.1. The van der Waals surface area contributed by atoms with Crippen LogP contribution in [-0.4, -0.2) is 57.3 Å². The molecule has 0 unspecified atom stereocenters. The van der Waals surface area contributed by atoms with Gasteiger partial charge in [0.1, 0.15) is 29.8 Å². The number of amides is 2. The van der Waals surface area contributed by atoms with Crippen molar-refractivity contribution in [3.8, 4) is 0 Å². The first-order chi connectivity index (χ1) is 14.4. The van der Waals surface area contributed by atoms with Crippen LogP contribution in [0.4, 0.5) is 14.6 Å². The maximum Gasteiger partial charge on any atom is 0.267 e. The van der Waals surface area contributed by atoms with Crippen LogP contribution in [0.1, 0.15) is 34.9 Å². The predicted octanol–water partition coefficient (Wildman–Crippen LogP) is 1.23. The van der Waals surface area contributed by atoms with Gasteiger partial charge < -0.3 is 10.6 Å². The summed E-state index contributed by atoms with van der Waals surface area (Å²) in [6.07, 6.45) is 4.47. The molecule has 3 atom stereocenters. The summed E-state index contributed by atoms with van der Waals surface area (Å²) in [6, 6.07) is 2.19. The van der Waals surface area contributed by atoms with Crippen LogP contribution in [0.2, 0.25) is 0 Å². The molecule has 9 nitrogen and oxygen atoms in total. The van der Waals surface area contributed by atoms with Crippen molar-refractivity contribution in [1.82, 2.24) is 20.0 Å². The molecule has 2 amide bonds. The molecule has 0 spiro atoms. The average molecular weight is 415 g/mol. The van der Waals surface area contributed by atoms with Gasteiger partial charge in [-0.3, -0.25) is 14.6 Å². The molecule has 2 N–H and O–H groups in total. The minimum absolute atomic E-state index is 0.0338. The molecule has 0 aromatic carbocycles. The maximum absolute atomic E-state index is 15.0. The quantitative estimate of drug-likeness (QED) is 0.803. The average Bonchev–Trinajstić information content (AvgIpc) is 3.23. The minimum atomic E-state index is -1.47. The van der Waals surface area contributed by atoms with E-state index in [0.717, 1.165) is 6.20 Å². The lowest BCUT2D eigenvalue weighted by Crippen LogP contribution is -2.48. The third kappa shape index (κ3) is 3.82. The molecule has 0 aliphatic carbocycles. The molecule has 1 saturated heterocycles. The SMILES string of the molecule is NC(=O)c1cc(N2CC[C@@H](C(=O)N3N=CC[C@H]3c3cncc(F)c3)[C@@H](F)C2)ncn1. The van der Waals surface area contributed by atoms with Crippen molar-refractivity contribution in [1.29, 1.82) is 0 Å². The number of carbonyl (C=O) groups excluding carboxylic acids is 2. The van der Waals surface area contributed by atoms with Crippen molar-refractivity contribution in [2.45, 2.75) is 25.1 Å². The fourth-order valence-corrected chi connectivity index (χ4v) is 3.73. The summed E-state index contributed by atoms with van der Waals surface area (Å²) in [5.41, 5.74) is 5.77. The second-order valence-electron chi connectivity index (χ2n) is 7.15. The minimum Gasteiger partial charge on any atom is -0.364 e. The van der Waals surface area contributed by atoms with E-state index in [1.54, 1.807) is 11.1 Å². The van der Waals surface area contributed by atoms with Crippen LogP contribution in [0, 0.1) is 11.7 Å². The Morgan fingerprint density at radius 1 is 1.20 bits per heavy atom. The van der Waals surface area contributed by atoms with E-state index in [0.29, 0.717) is 24.3 Å². The molecule has 4 heterocycles. The number of anilines is 1. The summed E-state index contributed by atoms with van der Waals surface area (Å²) in [5, 5.41) is 5.32. The highest BCUT2D eigenvalue weighted by Gasteiger charge is 2.40. The van der Waals surface area contributed by atoms with Crippen LogP contribution in [0.3, 0.4) is 0 Å². The zero-order valence-electron chi connectivity index (χ0n) is 15.9. The molecule has 2 aliphatic heterocycles. The molecule has 0 radical (unpaired) electrons. The lowest BCUT2D eigenvalue weighted by molar-refractivity contribution is -0.140. The van der Waals surface area contributed by atoms with E-state index in [-0.39, 0.29) is 18.7 Å². The third-order valence-electron chi connectivity index (χ3n) is 5.25. The molecule has 2 aromatic heterocycles. The maximum atomic E-state index is 15.0. The second kappa shape index (κ2) is 8.09. The van der Waals surface area contributed by atoms with Crippen LogP contribution in [0.25, 0.3) is 0 Å². The molecule has 2 aliphatic rings.